The van der Waals surface area contributed by atoms with E-state index in [1.807, 2.05) is 20.8 Å². The summed E-state index contributed by atoms with van der Waals surface area (Å²) in [4.78, 5) is 26.5. The van der Waals surface area contributed by atoms with Gasteiger partial charge in [0.25, 0.3) is 0 Å². The monoisotopic (exact) mass is 443 g/mol. The summed E-state index contributed by atoms with van der Waals surface area (Å²) >= 11 is 13.5. The highest BCUT2D eigenvalue weighted by Crippen LogP contribution is 2.25. The van der Waals surface area contributed by atoms with Crippen molar-refractivity contribution in [1.82, 2.24) is 10.1 Å². The Labute approximate surface area is 178 Å². The van der Waals surface area contributed by atoms with Crippen molar-refractivity contribution in [3.8, 4) is 0 Å². The number of nitrogens with zero attached hydrogens (tertiary/aromatic N) is 2. The van der Waals surface area contributed by atoms with E-state index < -0.39 is 0 Å². The highest BCUT2D eigenvalue weighted by atomic mass is 35.5. The molecule has 152 valence electrons. The number of halogens is 2. The molecule has 0 aliphatic heterocycles. The zero-order chi connectivity index (χ0) is 20.7. The third-order valence-electron chi connectivity index (χ3n) is 4.04. The highest BCUT2D eigenvalue weighted by molar-refractivity contribution is 7.99. The Morgan fingerprint density at radius 3 is 2.68 bits per heavy atom. The second-order valence-corrected chi connectivity index (χ2v) is 8.11. The van der Waals surface area contributed by atoms with E-state index in [0.717, 1.165) is 23.4 Å². The Bertz CT molecular complexity index is 822. The summed E-state index contributed by atoms with van der Waals surface area (Å²) in [7, 11) is 0. The van der Waals surface area contributed by atoms with Crippen molar-refractivity contribution in [2.75, 3.05) is 24.2 Å². The van der Waals surface area contributed by atoms with Crippen LogP contribution in [0.25, 0.3) is 0 Å². The number of amides is 2. The van der Waals surface area contributed by atoms with Crippen LogP contribution in [0.2, 0.25) is 10.0 Å². The molecule has 0 saturated carbocycles. The topological polar surface area (TPSA) is 75.4 Å². The number of aryl methyl sites for hydroxylation is 2. The molecular formula is C19H23Cl2N3O3S. The predicted molar refractivity (Wildman–Crippen MR) is 114 cm³/mol. The zero-order valence-electron chi connectivity index (χ0n) is 16.1. The summed E-state index contributed by atoms with van der Waals surface area (Å²) in [5, 5.41) is 7.48. The van der Waals surface area contributed by atoms with Crippen LogP contribution in [0.1, 0.15) is 30.4 Å². The SMILES string of the molecule is CCCN(CC(=O)Nc1cc(Cl)ccc1Cl)C(=O)CSCc1c(C)noc1C. The lowest BCUT2D eigenvalue weighted by molar-refractivity contribution is -0.132. The van der Waals surface area contributed by atoms with Gasteiger partial charge in [-0.3, -0.25) is 9.59 Å². The molecular weight excluding hydrogens is 421 g/mol. The van der Waals surface area contributed by atoms with Gasteiger partial charge < -0.3 is 14.7 Å². The van der Waals surface area contributed by atoms with E-state index in [1.54, 1.807) is 23.1 Å². The van der Waals surface area contributed by atoms with Crippen molar-refractivity contribution in [2.24, 2.45) is 0 Å². The van der Waals surface area contributed by atoms with Gasteiger partial charge in [0.2, 0.25) is 11.8 Å². The summed E-state index contributed by atoms with van der Waals surface area (Å²) in [6.45, 7) is 6.15. The van der Waals surface area contributed by atoms with Crippen LogP contribution in [0.4, 0.5) is 5.69 Å². The second-order valence-electron chi connectivity index (χ2n) is 6.28. The number of anilines is 1. The molecule has 1 N–H and O–H groups in total. The highest BCUT2D eigenvalue weighted by Gasteiger charge is 2.18. The zero-order valence-corrected chi connectivity index (χ0v) is 18.4. The molecule has 2 amide bonds. The van der Waals surface area contributed by atoms with Crippen LogP contribution in [-0.2, 0) is 15.3 Å². The third kappa shape index (κ3) is 6.43. The molecule has 0 bridgehead atoms. The molecule has 9 heteroatoms. The maximum absolute atomic E-state index is 12.6. The predicted octanol–water partition coefficient (Wildman–Crippen LogP) is 4.71. The van der Waals surface area contributed by atoms with Crippen LogP contribution in [0, 0.1) is 13.8 Å². The van der Waals surface area contributed by atoms with E-state index in [-0.39, 0.29) is 24.1 Å². The molecule has 0 fully saturated rings. The molecule has 1 aromatic carbocycles. The number of hydrogen-bond donors (Lipinski definition) is 1. The molecule has 0 unspecified atom stereocenters. The molecule has 1 aromatic heterocycles. The van der Waals surface area contributed by atoms with E-state index in [2.05, 4.69) is 10.5 Å². The van der Waals surface area contributed by atoms with Gasteiger partial charge in [-0.15, -0.1) is 11.8 Å². The normalized spacial score (nSPS) is 10.8. The fourth-order valence-electron chi connectivity index (χ4n) is 2.56. The lowest BCUT2D eigenvalue weighted by atomic mass is 10.2. The quantitative estimate of drug-likeness (QED) is 0.607. The van der Waals surface area contributed by atoms with Crippen LogP contribution in [0.3, 0.4) is 0 Å². The van der Waals surface area contributed by atoms with Crippen molar-refractivity contribution < 1.29 is 14.1 Å². The number of thioether (sulfide) groups is 1. The number of carbonyl (C=O) groups is 2. The van der Waals surface area contributed by atoms with E-state index in [1.165, 1.54) is 11.8 Å². The summed E-state index contributed by atoms with van der Waals surface area (Å²) in [5.41, 5.74) is 2.27. The Hall–Kier alpha value is -1.70. The van der Waals surface area contributed by atoms with Crippen molar-refractivity contribution in [1.29, 1.82) is 0 Å². The number of nitrogens with one attached hydrogen (secondary N) is 1. The molecule has 0 aliphatic rings. The Morgan fingerprint density at radius 2 is 2.04 bits per heavy atom. The molecule has 0 spiro atoms. The van der Waals surface area contributed by atoms with Gasteiger partial charge in [0.15, 0.2) is 0 Å². The first kappa shape index (κ1) is 22.6. The molecule has 28 heavy (non-hydrogen) atoms. The minimum atomic E-state index is -0.318. The van der Waals surface area contributed by atoms with E-state index in [4.69, 9.17) is 27.7 Å². The third-order valence-corrected chi connectivity index (χ3v) is 5.54. The van der Waals surface area contributed by atoms with E-state index in [9.17, 15) is 9.59 Å². The smallest absolute Gasteiger partial charge is 0.244 e. The molecule has 0 aliphatic carbocycles. The van der Waals surface area contributed by atoms with Crippen molar-refractivity contribution in [3.05, 3.63) is 45.3 Å². The number of hydrogen-bond acceptors (Lipinski definition) is 5. The van der Waals surface area contributed by atoms with Gasteiger partial charge in [0.05, 0.1) is 28.7 Å². The van der Waals surface area contributed by atoms with E-state index >= 15 is 0 Å². The number of rotatable bonds is 9. The average Bonchev–Trinajstić information content (AvgIpc) is 2.96. The van der Waals surface area contributed by atoms with Gasteiger partial charge >= 0.3 is 0 Å². The largest absolute Gasteiger partial charge is 0.361 e. The molecule has 6 nitrogen and oxygen atoms in total. The molecule has 0 radical (unpaired) electrons. The van der Waals surface area contributed by atoms with Gasteiger partial charge in [-0.25, -0.2) is 0 Å². The fourth-order valence-corrected chi connectivity index (χ4v) is 3.97. The molecule has 0 saturated heterocycles. The van der Waals surface area contributed by atoms with Crippen LogP contribution in [0.5, 0.6) is 0 Å². The van der Waals surface area contributed by atoms with Crippen LogP contribution in [0.15, 0.2) is 22.7 Å². The summed E-state index contributed by atoms with van der Waals surface area (Å²) in [6.07, 6.45) is 0.755. The molecule has 1 heterocycles. The van der Waals surface area contributed by atoms with Crippen LogP contribution >= 0.6 is 35.0 Å². The number of carbonyl (C=O) groups excluding carboxylic acids is 2. The molecule has 0 atom stereocenters. The first-order valence-corrected chi connectivity index (χ1v) is 10.7. The van der Waals surface area contributed by atoms with Crippen LogP contribution in [-0.4, -0.2) is 40.7 Å². The van der Waals surface area contributed by atoms with Gasteiger partial charge in [0.1, 0.15) is 5.76 Å². The average molecular weight is 444 g/mol. The summed E-state index contributed by atoms with van der Waals surface area (Å²) in [5.74, 6) is 1.26. The Kier molecular flexibility index (Phi) is 8.66. The van der Waals surface area contributed by atoms with Crippen molar-refractivity contribution in [3.63, 3.8) is 0 Å². The first-order valence-electron chi connectivity index (χ1n) is 8.84. The minimum absolute atomic E-state index is 0.0403. The lowest BCUT2D eigenvalue weighted by Crippen LogP contribution is -2.39. The summed E-state index contributed by atoms with van der Waals surface area (Å²) in [6, 6.07) is 4.83. The van der Waals surface area contributed by atoms with Gasteiger partial charge in [0, 0.05) is 22.9 Å². The molecule has 2 aromatic rings. The maximum atomic E-state index is 12.6. The van der Waals surface area contributed by atoms with Gasteiger partial charge in [-0.1, -0.05) is 35.3 Å². The van der Waals surface area contributed by atoms with Crippen molar-refractivity contribution in [2.45, 2.75) is 32.9 Å². The standard InChI is InChI=1S/C19H23Cl2N3O3S/c1-4-7-24(9-18(25)22-17-8-14(20)5-6-16(17)21)19(26)11-28-10-15-12(2)23-27-13(15)3/h5-6,8H,4,7,9-11H2,1-3H3,(H,22,25). The Balaban J connectivity index is 1.91. The van der Waals surface area contributed by atoms with Gasteiger partial charge in [-0.05, 0) is 38.5 Å². The summed E-state index contributed by atoms with van der Waals surface area (Å²) < 4.78 is 5.13. The number of aromatic nitrogens is 1. The maximum Gasteiger partial charge on any atom is 0.244 e. The number of benzene rings is 1. The molecule has 2 rings (SSSR count). The first-order chi connectivity index (χ1) is 13.3. The second kappa shape index (κ2) is 10.7. The Morgan fingerprint density at radius 1 is 1.29 bits per heavy atom. The van der Waals surface area contributed by atoms with E-state index in [0.29, 0.717) is 28.0 Å². The fraction of sp³-hybridized carbons (Fsp3) is 0.421. The lowest BCUT2D eigenvalue weighted by Gasteiger charge is -2.21. The van der Waals surface area contributed by atoms with Crippen molar-refractivity contribution >= 4 is 52.5 Å². The minimum Gasteiger partial charge on any atom is -0.361 e. The van der Waals surface area contributed by atoms with Gasteiger partial charge in [-0.2, -0.15) is 0 Å². The van der Waals surface area contributed by atoms with Crippen LogP contribution < -0.4 is 5.32 Å².